The molecular weight excluding hydrogens is 522 g/mol. The van der Waals surface area contributed by atoms with Crippen LogP contribution in [0.15, 0.2) is 79.0 Å². The Morgan fingerprint density at radius 1 is 1.02 bits per heavy atom. The van der Waals surface area contributed by atoms with E-state index in [0.717, 1.165) is 34.1 Å². The second-order valence-electron chi connectivity index (χ2n) is 9.68. The summed E-state index contributed by atoms with van der Waals surface area (Å²) in [7, 11) is 3.25. The van der Waals surface area contributed by atoms with E-state index in [4.69, 9.17) is 21.7 Å². The van der Waals surface area contributed by atoms with Crippen LogP contribution in [0.5, 0.6) is 11.5 Å². The molecule has 1 amide bonds. The number of amides is 1. The standard InChI is InChI=1S/C31H33N5O3S/c1-20-19-24(21(2)36(20)22-12-14-23(38-3)15-13-22)30-29(26-10-7-8-17-32-26)34-31(40)35(30)18-16-28(37)33-25-9-5-6-11-27(25)39-4/h5-15,17,19,29-30H,16,18H2,1-4H3,(H,33,37)(H,34,40). The minimum Gasteiger partial charge on any atom is -0.497 e. The fraction of sp³-hybridized carbons (Fsp3) is 0.258. The average Bonchev–Trinajstić information content (AvgIpc) is 3.46. The highest BCUT2D eigenvalue weighted by Gasteiger charge is 2.41. The Balaban J connectivity index is 1.46. The molecule has 2 aromatic carbocycles. The third-order valence-electron chi connectivity index (χ3n) is 7.28. The molecule has 3 heterocycles. The van der Waals surface area contributed by atoms with Crippen LogP contribution in [0.25, 0.3) is 5.69 Å². The second-order valence-corrected chi connectivity index (χ2v) is 10.1. The average molecular weight is 556 g/mol. The zero-order valence-corrected chi connectivity index (χ0v) is 23.9. The molecule has 0 aliphatic carbocycles. The fourth-order valence-corrected chi connectivity index (χ4v) is 5.71. The molecule has 2 aromatic heterocycles. The summed E-state index contributed by atoms with van der Waals surface area (Å²) >= 11 is 5.83. The number of thiocarbonyl (C=S) groups is 1. The molecule has 0 bridgehead atoms. The van der Waals surface area contributed by atoms with Gasteiger partial charge in [0.1, 0.15) is 11.5 Å². The van der Waals surface area contributed by atoms with E-state index in [1.165, 1.54) is 0 Å². The van der Waals surface area contributed by atoms with Crippen molar-refractivity contribution in [3.63, 3.8) is 0 Å². The molecule has 2 atom stereocenters. The number of nitrogens with zero attached hydrogens (tertiary/aromatic N) is 3. The topological polar surface area (TPSA) is 80.7 Å². The van der Waals surface area contributed by atoms with Gasteiger partial charge in [-0.2, -0.15) is 0 Å². The van der Waals surface area contributed by atoms with Gasteiger partial charge in [-0.1, -0.05) is 18.2 Å². The lowest BCUT2D eigenvalue weighted by atomic mass is 9.96. The maximum absolute atomic E-state index is 13.0. The van der Waals surface area contributed by atoms with Gasteiger partial charge in [0.2, 0.25) is 5.91 Å². The van der Waals surface area contributed by atoms with E-state index in [2.05, 4.69) is 57.1 Å². The molecule has 1 saturated heterocycles. The van der Waals surface area contributed by atoms with Gasteiger partial charge in [0, 0.05) is 36.2 Å². The minimum absolute atomic E-state index is 0.115. The number of carbonyl (C=O) groups excluding carboxylic acids is 1. The zero-order chi connectivity index (χ0) is 28.2. The van der Waals surface area contributed by atoms with Crippen LogP contribution in [0.4, 0.5) is 5.69 Å². The van der Waals surface area contributed by atoms with Crippen molar-refractivity contribution in [2.75, 3.05) is 26.1 Å². The molecular formula is C31H33N5O3S. The summed E-state index contributed by atoms with van der Waals surface area (Å²) in [5, 5.41) is 7.06. The Morgan fingerprint density at radius 3 is 2.48 bits per heavy atom. The number of anilines is 1. The van der Waals surface area contributed by atoms with Crippen LogP contribution in [0.3, 0.4) is 0 Å². The monoisotopic (exact) mass is 555 g/mol. The summed E-state index contributed by atoms with van der Waals surface area (Å²) in [4.78, 5) is 19.8. The number of aryl methyl sites for hydroxylation is 1. The number of benzene rings is 2. The van der Waals surface area contributed by atoms with E-state index >= 15 is 0 Å². The van der Waals surface area contributed by atoms with Crippen LogP contribution in [0, 0.1) is 13.8 Å². The predicted octanol–water partition coefficient (Wildman–Crippen LogP) is 5.51. The third kappa shape index (κ3) is 5.37. The van der Waals surface area contributed by atoms with E-state index in [1.807, 2.05) is 54.6 Å². The number of pyridine rings is 1. The van der Waals surface area contributed by atoms with Crippen LogP contribution >= 0.6 is 12.2 Å². The van der Waals surface area contributed by atoms with Crippen molar-refractivity contribution >= 4 is 28.9 Å². The number of aromatic nitrogens is 2. The molecule has 0 radical (unpaired) electrons. The Morgan fingerprint density at radius 2 is 1.77 bits per heavy atom. The Bertz CT molecular complexity index is 1500. The van der Waals surface area contributed by atoms with Gasteiger partial charge in [-0.3, -0.25) is 9.78 Å². The van der Waals surface area contributed by atoms with Gasteiger partial charge in [-0.25, -0.2) is 0 Å². The first-order valence-corrected chi connectivity index (χ1v) is 13.6. The van der Waals surface area contributed by atoms with Crippen LogP contribution in [0.1, 0.15) is 41.1 Å². The maximum Gasteiger partial charge on any atom is 0.226 e. The molecule has 4 aromatic rings. The first-order chi connectivity index (χ1) is 19.4. The van der Waals surface area contributed by atoms with Crippen molar-refractivity contribution < 1.29 is 14.3 Å². The maximum atomic E-state index is 13.0. The highest BCUT2D eigenvalue weighted by Crippen LogP contribution is 2.41. The number of hydrogen-bond acceptors (Lipinski definition) is 5. The van der Waals surface area contributed by atoms with Gasteiger partial charge in [0.25, 0.3) is 0 Å². The number of para-hydroxylation sites is 2. The van der Waals surface area contributed by atoms with Crippen LogP contribution in [-0.2, 0) is 4.79 Å². The van der Waals surface area contributed by atoms with E-state index in [1.54, 1.807) is 20.4 Å². The lowest BCUT2D eigenvalue weighted by Gasteiger charge is -2.28. The smallest absolute Gasteiger partial charge is 0.226 e. The molecule has 1 aliphatic heterocycles. The molecule has 9 heteroatoms. The van der Waals surface area contributed by atoms with Crippen molar-refractivity contribution in [3.05, 3.63) is 102 Å². The lowest BCUT2D eigenvalue weighted by molar-refractivity contribution is -0.116. The van der Waals surface area contributed by atoms with E-state index in [0.29, 0.717) is 23.1 Å². The highest BCUT2D eigenvalue weighted by molar-refractivity contribution is 7.80. The normalized spacial score (nSPS) is 16.5. The molecule has 40 heavy (non-hydrogen) atoms. The van der Waals surface area contributed by atoms with E-state index in [-0.39, 0.29) is 24.4 Å². The summed E-state index contributed by atoms with van der Waals surface area (Å²) in [5.74, 6) is 1.31. The third-order valence-corrected chi connectivity index (χ3v) is 7.63. The Labute approximate surface area is 239 Å². The van der Waals surface area contributed by atoms with Gasteiger partial charge in [-0.05, 0) is 86.2 Å². The number of rotatable bonds is 9. The van der Waals surface area contributed by atoms with Crippen molar-refractivity contribution in [1.82, 2.24) is 19.8 Å². The second kappa shape index (κ2) is 11.8. The Kier molecular flexibility index (Phi) is 8.02. The van der Waals surface area contributed by atoms with Crippen molar-refractivity contribution in [3.8, 4) is 17.2 Å². The van der Waals surface area contributed by atoms with Crippen LogP contribution in [-0.4, -0.2) is 46.2 Å². The lowest BCUT2D eigenvalue weighted by Crippen LogP contribution is -2.33. The van der Waals surface area contributed by atoms with Gasteiger partial charge >= 0.3 is 0 Å². The van der Waals surface area contributed by atoms with Crippen LogP contribution < -0.4 is 20.1 Å². The minimum atomic E-state index is -0.171. The molecule has 0 spiro atoms. The van der Waals surface area contributed by atoms with Gasteiger partial charge in [0.05, 0.1) is 37.7 Å². The molecule has 1 fully saturated rings. The molecule has 5 rings (SSSR count). The molecule has 2 unspecified atom stereocenters. The number of methoxy groups -OCH3 is 2. The summed E-state index contributed by atoms with van der Waals surface area (Å²) < 4.78 is 13.0. The number of nitrogens with one attached hydrogen (secondary N) is 2. The van der Waals surface area contributed by atoms with Crippen molar-refractivity contribution in [2.45, 2.75) is 32.4 Å². The molecule has 1 aliphatic rings. The molecule has 0 saturated carbocycles. The highest BCUT2D eigenvalue weighted by atomic mass is 32.1. The van der Waals surface area contributed by atoms with Crippen molar-refractivity contribution in [1.29, 1.82) is 0 Å². The van der Waals surface area contributed by atoms with Crippen LogP contribution in [0.2, 0.25) is 0 Å². The summed E-state index contributed by atoms with van der Waals surface area (Å²) in [6.45, 7) is 4.66. The SMILES string of the molecule is COc1ccc(-n2c(C)cc(C3C(c4ccccn4)NC(=S)N3CCC(=O)Nc3ccccc3OC)c2C)cc1. The summed E-state index contributed by atoms with van der Waals surface area (Å²) in [6.07, 6.45) is 2.05. The van der Waals surface area contributed by atoms with E-state index in [9.17, 15) is 4.79 Å². The van der Waals surface area contributed by atoms with Crippen molar-refractivity contribution in [2.24, 2.45) is 0 Å². The number of carbonyl (C=O) groups is 1. The Hall–Kier alpha value is -4.37. The quantitative estimate of drug-likeness (QED) is 0.264. The number of hydrogen-bond donors (Lipinski definition) is 2. The van der Waals surface area contributed by atoms with Gasteiger partial charge in [0.15, 0.2) is 5.11 Å². The summed E-state index contributed by atoms with van der Waals surface area (Å²) in [5.41, 5.74) is 5.91. The van der Waals surface area contributed by atoms with Gasteiger partial charge in [-0.15, -0.1) is 0 Å². The molecule has 2 N–H and O–H groups in total. The predicted molar refractivity (Wildman–Crippen MR) is 160 cm³/mol. The van der Waals surface area contributed by atoms with E-state index < -0.39 is 0 Å². The first kappa shape index (κ1) is 27.2. The largest absolute Gasteiger partial charge is 0.497 e. The first-order valence-electron chi connectivity index (χ1n) is 13.2. The number of ether oxygens (including phenoxy) is 2. The summed E-state index contributed by atoms with van der Waals surface area (Å²) in [6, 6.07) is 23.2. The molecule has 206 valence electrons. The fourth-order valence-electron chi connectivity index (χ4n) is 5.38. The van der Waals surface area contributed by atoms with Gasteiger partial charge < -0.3 is 29.6 Å². The zero-order valence-electron chi connectivity index (χ0n) is 23.0. The molecule has 8 nitrogen and oxygen atoms in total.